The van der Waals surface area contributed by atoms with Gasteiger partial charge in [-0.25, -0.2) is 0 Å². The monoisotopic (exact) mass is 688 g/mol. The van der Waals surface area contributed by atoms with Gasteiger partial charge in [0.15, 0.2) is 0 Å². The summed E-state index contributed by atoms with van der Waals surface area (Å²) in [6.07, 6.45) is 16.0. The van der Waals surface area contributed by atoms with E-state index in [0.29, 0.717) is 11.8 Å². The standard InChI is InChI=1S/C52H32O2/c1-2-15-36-31(11-1)12-10-21-37(36)50-40-18-5-3-16-38(40)48(39-17-4-6-19-41(39)50)35-14-9-13-33(29-35)34-25-26-45-43(30-34)52-47(54-45)28-24-32-23-27-46-51(49(32)52)42-20-7-8-22-44(42)53-46/h1-31,36H. The van der Waals surface area contributed by atoms with Crippen LogP contribution < -0.4 is 0 Å². The first-order valence-electron chi connectivity index (χ1n) is 18.8. The Bertz CT molecular complexity index is 3280. The van der Waals surface area contributed by atoms with Crippen LogP contribution in [-0.2, 0) is 0 Å². The lowest BCUT2D eigenvalue weighted by Crippen LogP contribution is -2.15. The highest BCUT2D eigenvalue weighted by molar-refractivity contribution is 6.31. The van der Waals surface area contributed by atoms with Crippen molar-refractivity contribution in [3.63, 3.8) is 0 Å². The quantitative estimate of drug-likeness (QED) is 0.173. The fourth-order valence-corrected chi connectivity index (χ4v) is 9.45. The Morgan fingerprint density at radius 1 is 0.370 bits per heavy atom. The zero-order chi connectivity index (χ0) is 35.3. The number of rotatable bonds is 3. The second kappa shape index (κ2) is 11.3. The minimum atomic E-state index is 0.315. The number of allylic oxidation sites excluding steroid dienone is 8. The summed E-state index contributed by atoms with van der Waals surface area (Å²) in [7, 11) is 0. The Labute approximate surface area is 311 Å². The normalized spacial score (nSPS) is 16.8. The van der Waals surface area contributed by atoms with Crippen LogP contribution in [0.15, 0.2) is 191 Å². The smallest absolute Gasteiger partial charge is 0.136 e. The Balaban J connectivity index is 1.07. The molecule has 0 fully saturated rings. The van der Waals surface area contributed by atoms with Crippen LogP contribution in [0.25, 0.3) is 104 Å². The van der Waals surface area contributed by atoms with Gasteiger partial charge in [0, 0.05) is 38.8 Å². The number of fused-ring (bicyclic) bond motifs is 12. The molecule has 2 heteroatoms. The van der Waals surface area contributed by atoms with Gasteiger partial charge in [0.2, 0.25) is 0 Å². The van der Waals surface area contributed by atoms with Gasteiger partial charge in [0.05, 0.1) is 0 Å². The van der Waals surface area contributed by atoms with Gasteiger partial charge in [-0.15, -0.1) is 0 Å². The number of benzene rings is 8. The van der Waals surface area contributed by atoms with Gasteiger partial charge in [0.1, 0.15) is 22.3 Å². The van der Waals surface area contributed by atoms with Crippen molar-refractivity contribution in [2.75, 3.05) is 0 Å². The number of hydrogen-bond acceptors (Lipinski definition) is 2. The van der Waals surface area contributed by atoms with Crippen molar-refractivity contribution in [3.05, 3.63) is 188 Å². The molecule has 54 heavy (non-hydrogen) atoms. The van der Waals surface area contributed by atoms with Crippen molar-refractivity contribution < 1.29 is 8.83 Å². The topological polar surface area (TPSA) is 26.3 Å². The molecule has 0 bridgehead atoms. The summed E-state index contributed by atoms with van der Waals surface area (Å²) in [5.41, 5.74) is 11.1. The first-order chi connectivity index (χ1) is 26.8. The Morgan fingerprint density at radius 2 is 0.944 bits per heavy atom. The van der Waals surface area contributed by atoms with Crippen LogP contribution in [0.5, 0.6) is 0 Å². The van der Waals surface area contributed by atoms with Crippen molar-refractivity contribution in [1.29, 1.82) is 0 Å². The third-order valence-electron chi connectivity index (χ3n) is 11.8. The van der Waals surface area contributed by atoms with Crippen molar-refractivity contribution in [1.82, 2.24) is 0 Å². The molecule has 252 valence electrons. The number of para-hydroxylation sites is 1. The van der Waals surface area contributed by atoms with E-state index in [0.717, 1.165) is 49.4 Å². The van der Waals surface area contributed by atoms with Gasteiger partial charge < -0.3 is 8.83 Å². The molecule has 2 aliphatic carbocycles. The zero-order valence-corrected chi connectivity index (χ0v) is 29.3. The van der Waals surface area contributed by atoms with Crippen LogP contribution in [0.4, 0.5) is 0 Å². The lowest BCUT2D eigenvalue weighted by molar-refractivity contribution is 0.669. The predicted molar refractivity (Wildman–Crippen MR) is 227 cm³/mol. The maximum absolute atomic E-state index is 6.53. The Morgan fingerprint density at radius 3 is 1.70 bits per heavy atom. The first-order valence-corrected chi connectivity index (χ1v) is 18.8. The van der Waals surface area contributed by atoms with E-state index in [2.05, 4.69) is 170 Å². The van der Waals surface area contributed by atoms with Crippen LogP contribution in [0.3, 0.4) is 0 Å². The van der Waals surface area contributed by atoms with Gasteiger partial charge in [-0.05, 0) is 96.7 Å². The molecule has 0 spiro atoms. The number of furan rings is 2. The molecule has 12 rings (SSSR count). The van der Waals surface area contributed by atoms with Crippen molar-refractivity contribution >= 4 is 81.8 Å². The van der Waals surface area contributed by atoms with E-state index >= 15 is 0 Å². The fourth-order valence-electron chi connectivity index (χ4n) is 9.45. The third kappa shape index (κ3) is 4.22. The van der Waals surface area contributed by atoms with E-state index in [1.54, 1.807) is 0 Å². The molecule has 8 aromatic carbocycles. The average molecular weight is 689 g/mol. The van der Waals surface area contributed by atoms with E-state index in [4.69, 9.17) is 8.83 Å². The van der Waals surface area contributed by atoms with Crippen LogP contribution in [0, 0.1) is 11.8 Å². The van der Waals surface area contributed by atoms with Crippen molar-refractivity contribution in [2.24, 2.45) is 11.8 Å². The van der Waals surface area contributed by atoms with Gasteiger partial charge in [0.25, 0.3) is 0 Å². The molecule has 2 unspecified atom stereocenters. The summed E-state index contributed by atoms with van der Waals surface area (Å²) < 4.78 is 12.9. The summed E-state index contributed by atoms with van der Waals surface area (Å²) in [5.74, 6) is 0.687. The molecule has 0 N–H and O–H groups in total. The van der Waals surface area contributed by atoms with Gasteiger partial charge in [-0.2, -0.15) is 0 Å². The molecule has 2 atom stereocenters. The summed E-state index contributed by atoms with van der Waals surface area (Å²) >= 11 is 0. The highest BCUT2D eigenvalue weighted by Gasteiger charge is 2.27. The minimum absolute atomic E-state index is 0.315. The first kappa shape index (κ1) is 29.7. The molecule has 10 aromatic rings. The van der Waals surface area contributed by atoms with Gasteiger partial charge in [-0.3, -0.25) is 0 Å². The lowest BCUT2D eigenvalue weighted by Gasteiger charge is -2.29. The maximum atomic E-state index is 6.53. The SMILES string of the molecule is C1=CC2C=CC=C(c3c4ccccc4c(-c4cccc(-c5ccc6oc7ccc8ccc9oc%10ccccc%10c9c8c7c6c5)c4)c4ccccc34)C2C=C1. The largest absolute Gasteiger partial charge is 0.456 e. The molecule has 0 aliphatic heterocycles. The number of hydrogen-bond donors (Lipinski definition) is 0. The molecule has 2 heterocycles. The second-order valence-corrected chi connectivity index (χ2v) is 14.7. The third-order valence-corrected chi connectivity index (χ3v) is 11.8. The summed E-state index contributed by atoms with van der Waals surface area (Å²) in [6.45, 7) is 0. The molecular formula is C52H32O2. The van der Waals surface area contributed by atoms with E-state index in [1.807, 2.05) is 12.1 Å². The highest BCUT2D eigenvalue weighted by atomic mass is 16.3. The molecule has 0 saturated heterocycles. The molecule has 2 aromatic heterocycles. The van der Waals surface area contributed by atoms with E-state index in [-0.39, 0.29) is 0 Å². The zero-order valence-electron chi connectivity index (χ0n) is 29.3. The van der Waals surface area contributed by atoms with Crippen LogP contribution in [0.2, 0.25) is 0 Å². The molecule has 2 aliphatic rings. The summed E-state index contributed by atoms with van der Waals surface area (Å²) in [4.78, 5) is 0. The molecule has 0 radical (unpaired) electrons. The Kier molecular flexibility index (Phi) is 6.20. The summed E-state index contributed by atoms with van der Waals surface area (Å²) in [5, 5.41) is 12.0. The predicted octanol–water partition coefficient (Wildman–Crippen LogP) is 14.6. The molecular weight excluding hydrogens is 657 g/mol. The van der Waals surface area contributed by atoms with E-state index < -0.39 is 0 Å². The van der Waals surface area contributed by atoms with Crippen LogP contribution in [0.1, 0.15) is 5.56 Å². The summed E-state index contributed by atoms with van der Waals surface area (Å²) in [6, 6.07) is 50.5. The minimum Gasteiger partial charge on any atom is -0.456 e. The lowest BCUT2D eigenvalue weighted by atomic mass is 9.74. The maximum Gasteiger partial charge on any atom is 0.136 e. The van der Waals surface area contributed by atoms with Crippen LogP contribution >= 0.6 is 0 Å². The second-order valence-electron chi connectivity index (χ2n) is 14.7. The van der Waals surface area contributed by atoms with E-state index in [9.17, 15) is 0 Å². The van der Waals surface area contributed by atoms with Gasteiger partial charge >= 0.3 is 0 Å². The van der Waals surface area contributed by atoms with E-state index in [1.165, 1.54) is 60.1 Å². The van der Waals surface area contributed by atoms with Gasteiger partial charge in [-0.1, -0.05) is 146 Å². The van der Waals surface area contributed by atoms with Crippen molar-refractivity contribution in [3.8, 4) is 22.3 Å². The molecule has 0 amide bonds. The van der Waals surface area contributed by atoms with Crippen molar-refractivity contribution in [2.45, 2.75) is 0 Å². The Hall–Kier alpha value is -6.90. The molecule has 0 saturated carbocycles. The average Bonchev–Trinajstić information content (AvgIpc) is 3.81. The molecule has 2 nitrogen and oxygen atoms in total. The van der Waals surface area contributed by atoms with Crippen LogP contribution in [-0.4, -0.2) is 0 Å². The fraction of sp³-hybridized carbons (Fsp3) is 0.0385. The highest BCUT2D eigenvalue weighted by Crippen LogP contribution is 2.48.